The fraction of sp³-hybridized carbons (Fsp3) is 0.267. The standard InChI is InChI=1S/C15H17NS/c1-11(16(3)12(2)17)14-10-6-8-13-7-4-5-9-15(13)14/h4-11H,1-3H3. The molecule has 0 bridgehead atoms. The van der Waals surface area contributed by atoms with Gasteiger partial charge < -0.3 is 4.90 Å². The SMILES string of the molecule is CC(=S)N(C)C(C)c1cccc2ccccc12. The van der Waals surface area contributed by atoms with Gasteiger partial charge >= 0.3 is 0 Å². The molecule has 0 saturated heterocycles. The maximum Gasteiger partial charge on any atom is 0.0750 e. The first-order valence-corrected chi connectivity index (χ1v) is 6.23. The molecule has 0 saturated carbocycles. The summed E-state index contributed by atoms with van der Waals surface area (Å²) in [7, 11) is 2.05. The fourth-order valence-corrected chi connectivity index (χ4v) is 2.25. The second-order valence-electron chi connectivity index (χ2n) is 4.37. The molecule has 2 aromatic carbocycles. The Morgan fingerprint density at radius 3 is 2.47 bits per heavy atom. The Hall–Kier alpha value is -1.41. The van der Waals surface area contributed by atoms with Crippen molar-refractivity contribution in [2.45, 2.75) is 19.9 Å². The molecule has 2 rings (SSSR count). The summed E-state index contributed by atoms with van der Waals surface area (Å²) in [4.78, 5) is 3.06. The summed E-state index contributed by atoms with van der Waals surface area (Å²) < 4.78 is 0. The lowest BCUT2D eigenvalue weighted by molar-refractivity contribution is 0.409. The molecule has 0 aliphatic rings. The molecule has 0 aliphatic carbocycles. The molecule has 88 valence electrons. The van der Waals surface area contributed by atoms with Crippen LogP contribution in [0.5, 0.6) is 0 Å². The Bertz CT molecular complexity index is 542. The Labute approximate surface area is 108 Å². The molecule has 0 heterocycles. The van der Waals surface area contributed by atoms with Crippen LogP contribution in [0.25, 0.3) is 10.8 Å². The summed E-state index contributed by atoms with van der Waals surface area (Å²) in [5.41, 5.74) is 1.33. The minimum atomic E-state index is 0.304. The van der Waals surface area contributed by atoms with Gasteiger partial charge in [-0.3, -0.25) is 0 Å². The van der Waals surface area contributed by atoms with Crippen LogP contribution in [0, 0.1) is 0 Å². The van der Waals surface area contributed by atoms with Crippen molar-refractivity contribution in [1.29, 1.82) is 0 Å². The van der Waals surface area contributed by atoms with Gasteiger partial charge in [0.15, 0.2) is 0 Å². The van der Waals surface area contributed by atoms with Crippen LogP contribution in [0.2, 0.25) is 0 Å². The van der Waals surface area contributed by atoms with E-state index in [0.29, 0.717) is 6.04 Å². The minimum absolute atomic E-state index is 0.304. The molecule has 1 unspecified atom stereocenters. The smallest absolute Gasteiger partial charge is 0.0750 e. The predicted octanol–water partition coefficient (Wildman–Crippen LogP) is 4.18. The highest BCUT2D eigenvalue weighted by Crippen LogP contribution is 2.27. The van der Waals surface area contributed by atoms with Crippen LogP contribution in [-0.4, -0.2) is 16.9 Å². The molecule has 0 fully saturated rings. The van der Waals surface area contributed by atoms with Crippen molar-refractivity contribution in [2.24, 2.45) is 0 Å². The van der Waals surface area contributed by atoms with E-state index < -0.39 is 0 Å². The summed E-state index contributed by atoms with van der Waals surface area (Å²) in [5.74, 6) is 0. The van der Waals surface area contributed by atoms with Crippen LogP contribution in [0.15, 0.2) is 42.5 Å². The lowest BCUT2D eigenvalue weighted by atomic mass is 9.99. The number of nitrogens with zero attached hydrogens (tertiary/aromatic N) is 1. The molecule has 0 aliphatic heterocycles. The van der Waals surface area contributed by atoms with Crippen molar-refractivity contribution in [3.05, 3.63) is 48.0 Å². The zero-order valence-electron chi connectivity index (χ0n) is 10.5. The molecule has 17 heavy (non-hydrogen) atoms. The second kappa shape index (κ2) is 4.84. The number of fused-ring (bicyclic) bond motifs is 1. The van der Waals surface area contributed by atoms with Gasteiger partial charge in [-0.25, -0.2) is 0 Å². The van der Waals surface area contributed by atoms with Crippen molar-refractivity contribution < 1.29 is 0 Å². The van der Waals surface area contributed by atoms with E-state index in [1.807, 2.05) is 6.92 Å². The number of hydrogen-bond donors (Lipinski definition) is 0. The summed E-state index contributed by atoms with van der Waals surface area (Å²) in [6.07, 6.45) is 0. The molecule has 2 heteroatoms. The topological polar surface area (TPSA) is 3.24 Å². The van der Waals surface area contributed by atoms with Gasteiger partial charge in [-0.05, 0) is 30.2 Å². The van der Waals surface area contributed by atoms with Gasteiger partial charge in [-0.2, -0.15) is 0 Å². The van der Waals surface area contributed by atoms with Gasteiger partial charge in [0.25, 0.3) is 0 Å². The average Bonchev–Trinajstić information content (AvgIpc) is 2.36. The van der Waals surface area contributed by atoms with E-state index in [9.17, 15) is 0 Å². The summed E-state index contributed by atoms with van der Waals surface area (Å²) >= 11 is 5.24. The van der Waals surface area contributed by atoms with Crippen LogP contribution in [0.4, 0.5) is 0 Å². The molecule has 0 aromatic heterocycles. The number of benzene rings is 2. The third kappa shape index (κ3) is 2.32. The molecule has 1 atom stereocenters. The molecular weight excluding hydrogens is 226 g/mol. The minimum Gasteiger partial charge on any atom is -0.363 e. The van der Waals surface area contributed by atoms with Crippen molar-refractivity contribution in [3.8, 4) is 0 Å². The van der Waals surface area contributed by atoms with E-state index in [1.165, 1.54) is 16.3 Å². The van der Waals surface area contributed by atoms with Crippen molar-refractivity contribution in [1.82, 2.24) is 4.90 Å². The highest BCUT2D eigenvalue weighted by atomic mass is 32.1. The first-order valence-electron chi connectivity index (χ1n) is 5.82. The molecule has 0 amide bonds. The Balaban J connectivity index is 2.52. The predicted molar refractivity (Wildman–Crippen MR) is 78.4 cm³/mol. The van der Waals surface area contributed by atoms with E-state index in [0.717, 1.165) is 4.99 Å². The molecule has 0 spiro atoms. The van der Waals surface area contributed by atoms with E-state index >= 15 is 0 Å². The normalized spacial score (nSPS) is 12.4. The van der Waals surface area contributed by atoms with E-state index in [4.69, 9.17) is 12.2 Å². The average molecular weight is 243 g/mol. The lowest BCUT2D eigenvalue weighted by Crippen LogP contribution is -2.25. The monoisotopic (exact) mass is 243 g/mol. The highest BCUT2D eigenvalue weighted by Gasteiger charge is 2.13. The molecule has 2 aromatic rings. The van der Waals surface area contributed by atoms with Crippen LogP contribution >= 0.6 is 12.2 Å². The third-order valence-electron chi connectivity index (χ3n) is 3.35. The van der Waals surface area contributed by atoms with Crippen molar-refractivity contribution >= 4 is 28.0 Å². The number of thiocarbonyl (C=S) groups is 1. The van der Waals surface area contributed by atoms with E-state index in [-0.39, 0.29) is 0 Å². The maximum absolute atomic E-state index is 5.24. The first kappa shape index (κ1) is 12.1. The Morgan fingerprint density at radius 1 is 1.12 bits per heavy atom. The van der Waals surface area contributed by atoms with Gasteiger partial charge in [0, 0.05) is 7.05 Å². The van der Waals surface area contributed by atoms with Crippen molar-refractivity contribution in [2.75, 3.05) is 7.05 Å². The molecule has 0 N–H and O–H groups in total. The first-order chi connectivity index (χ1) is 8.11. The number of rotatable bonds is 2. The fourth-order valence-electron chi connectivity index (χ4n) is 2.10. The molecular formula is C15H17NS. The highest BCUT2D eigenvalue weighted by molar-refractivity contribution is 7.80. The van der Waals surface area contributed by atoms with Crippen LogP contribution < -0.4 is 0 Å². The van der Waals surface area contributed by atoms with Crippen LogP contribution in [0.1, 0.15) is 25.5 Å². The third-order valence-corrected chi connectivity index (χ3v) is 3.64. The summed E-state index contributed by atoms with van der Waals surface area (Å²) in [6.45, 7) is 4.16. The van der Waals surface area contributed by atoms with Gasteiger partial charge in [0.2, 0.25) is 0 Å². The van der Waals surface area contributed by atoms with Gasteiger partial charge in [-0.15, -0.1) is 0 Å². The van der Waals surface area contributed by atoms with Gasteiger partial charge in [-0.1, -0.05) is 54.7 Å². The lowest BCUT2D eigenvalue weighted by Gasteiger charge is -2.27. The van der Waals surface area contributed by atoms with Crippen LogP contribution in [0.3, 0.4) is 0 Å². The second-order valence-corrected chi connectivity index (χ2v) is 4.97. The van der Waals surface area contributed by atoms with E-state index in [2.05, 4.69) is 61.3 Å². The zero-order chi connectivity index (χ0) is 12.4. The molecule has 1 nitrogen and oxygen atoms in total. The quantitative estimate of drug-likeness (QED) is 0.728. The largest absolute Gasteiger partial charge is 0.363 e. The Kier molecular flexibility index (Phi) is 3.43. The van der Waals surface area contributed by atoms with Crippen molar-refractivity contribution in [3.63, 3.8) is 0 Å². The van der Waals surface area contributed by atoms with Crippen LogP contribution in [-0.2, 0) is 0 Å². The Morgan fingerprint density at radius 2 is 1.76 bits per heavy atom. The summed E-state index contributed by atoms with van der Waals surface area (Å²) in [6, 6.07) is 15.2. The molecule has 0 radical (unpaired) electrons. The number of hydrogen-bond acceptors (Lipinski definition) is 1. The van der Waals surface area contributed by atoms with Gasteiger partial charge in [0.05, 0.1) is 11.0 Å². The van der Waals surface area contributed by atoms with E-state index in [1.54, 1.807) is 0 Å². The summed E-state index contributed by atoms with van der Waals surface area (Å²) in [5, 5.41) is 2.60. The zero-order valence-corrected chi connectivity index (χ0v) is 11.3. The van der Waals surface area contributed by atoms with Gasteiger partial charge in [0.1, 0.15) is 0 Å². The maximum atomic E-state index is 5.24.